The van der Waals surface area contributed by atoms with Gasteiger partial charge in [-0.2, -0.15) is 11.8 Å². The summed E-state index contributed by atoms with van der Waals surface area (Å²) in [5.41, 5.74) is 6.72. The molecule has 0 amide bonds. The number of guanidine groups is 1. The number of aliphatic imine (C=N–C) groups is 1. The maximum atomic E-state index is 6.06. The average Bonchev–Trinajstić information content (AvgIpc) is 2.46. The number of benzene rings is 1. The van der Waals surface area contributed by atoms with Gasteiger partial charge in [-0.25, -0.2) is 0 Å². The summed E-state index contributed by atoms with van der Waals surface area (Å²) in [5.74, 6) is 4.22. The van der Waals surface area contributed by atoms with Gasteiger partial charge in [-0.3, -0.25) is 4.99 Å². The lowest BCUT2D eigenvalue weighted by molar-refractivity contribution is 0.415. The Balaban J connectivity index is 1.89. The van der Waals surface area contributed by atoms with Crippen LogP contribution in [0, 0.1) is 5.92 Å². The highest BCUT2D eigenvalue weighted by molar-refractivity contribution is 7.99. The Bertz CT molecular complexity index is 475. The second-order valence-corrected chi connectivity index (χ2v) is 6.39. The molecule has 0 spiro atoms. The molecule has 1 aromatic carbocycles. The number of halogens is 1. The first-order valence-corrected chi connectivity index (χ1v) is 8.20. The molecule has 0 atom stereocenters. The Kier molecular flexibility index (Phi) is 5.86. The molecule has 0 aromatic heterocycles. The van der Waals surface area contributed by atoms with Crippen LogP contribution < -0.4 is 15.8 Å². The van der Waals surface area contributed by atoms with E-state index < -0.39 is 0 Å². The fraction of sp³-hybridized carbons (Fsp3) is 0.500. The molecule has 1 fully saturated rings. The van der Waals surface area contributed by atoms with Crippen LogP contribution in [0.2, 0.25) is 5.02 Å². The van der Waals surface area contributed by atoms with Gasteiger partial charge in [0.15, 0.2) is 5.96 Å². The molecule has 1 heterocycles. The lowest BCUT2D eigenvalue weighted by Gasteiger charge is -2.19. The zero-order valence-corrected chi connectivity index (χ0v) is 13.1. The highest BCUT2D eigenvalue weighted by atomic mass is 35.5. The van der Waals surface area contributed by atoms with E-state index in [0.717, 1.165) is 12.2 Å². The van der Waals surface area contributed by atoms with Crippen molar-refractivity contribution in [3.8, 4) is 5.75 Å². The Hall–Kier alpha value is -1.07. The van der Waals surface area contributed by atoms with Crippen molar-refractivity contribution in [2.24, 2.45) is 16.6 Å². The highest BCUT2D eigenvalue weighted by Gasteiger charge is 2.13. The predicted octanol–water partition coefficient (Wildman–Crippen LogP) is 3.22. The van der Waals surface area contributed by atoms with Crippen LogP contribution in [-0.2, 0) is 0 Å². The quantitative estimate of drug-likeness (QED) is 0.662. The van der Waals surface area contributed by atoms with Crippen LogP contribution in [0.1, 0.15) is 12.8 Å². The second kappa shape index (κ2) is 7.64. The van der Waals surface area contributed by atoms with Gasteiger partial charge < -0.3 is 15.8 Å². The van der Waals surface area contributed by atoms with E-state index >= 15 is 0 Å². The average molecular weight is 314 g/mol. The van der Waals surface area contributed by atoms with Gasteiger partial charge in [0.05, 0.1) is 12.1 Å². The highest BCUT2D eigenvalue weighted by Crippen LogP contribution is 2.27. The summed E-state index contributed by atoms with van der Waals surface area (Å²) in [4.78, 5) is 4.42. The Morgan fingerprint density at radius 1 is 1.50 bits per heavy atom. The number of nitrogens with zero attached hydrogens (tertiary/aromatic N) is 1. The molecule has 0 radical (unpaired) electrons. The zero-order chi connectivity index (χ0) is 14.4. The first-order chi connectivity index (χ1) is 9.69. The van der Waals surface area contributed by atoms with Gasteiger partial charge in [0, 0.05) is 12.2 Å². The normalized spacial score (nSPS) is 17.0. The number of hydrogen-bond acceptors (Lipinski definition) is 3. The van der Waals surface area contributed by atoms with Crippen LogP contribution in [0.15, 0.2) is 23.2 Å². The van der Waals surface area contributed by atoms with Gasteiger partial charge >= 0.3 is 0 Å². The van der Waals surface area contributed by atoms with Gasteiger partial charge in [0.25, 0.3) is 0 Å². The minimum absolute atomic E-state index is 0.435. The van der Waals surface area contributed by atoms with Crippen LogP contribution >= 0.6 is 23.4 Å². The molecule has 1 aliphatic heterocycles. The molecular formula is C14H20ClN3OS. The van der Waals surface area contributed by atoms with Crippen LogP contribution in [0.25, 0.3) is 0 Å². The summed E-state index contributed by atoms with van der Waals surface area (Å²) in [5, 5.41) is 3.61. The molecule has 3 N–H and O–H groups in total. The molecule has 2 rings (SSSR count). The van der Waals surface area contributed by atoms with Crippen molar-refractivity contribution < 1.29 is 4.74 Å². The number of nitrogens with two attached hydrogens (primary N) is 1. The van der Waals surface area contributed by atoms with Crippen LogP contribution in [-0.4, -0.2) is 31.1 Å². The first-order valence-electron chi connectivity index (χ1n) is 6.67. The van der Waals surface area contributed by atoms with Gasteiger partial charge in [-0.1, -0.05) is 11.6 Å². The maximum Gasteiger partial charge on any atom is 0.193 e. The number of hydrogen-bond donors (Lipinski definition) is 2. The molecule has 1 aromatic rings. The van der Waals surface area contributed by atoms with E-state index in [-0.39, 0.29) is 0 Å². The lowest BCUT2D eigenvalue weighted by atomic mass is 10.0. The molecular weight excluding hydrogens is 294 g/mol. The number of anilines is 1. The lowest BCUT2D eigenvalue weighted by Crippen LogP contribution is -2.24. The summed E-state index contributed by atoms with van der Waals surface area (Å²) < 4.78 is 5.11. The molecule has 0 aliphatic carbocycles. The Morgan fingerprint density at radius 3 is 2.90 bits per heavy atom. The summed E-state index contributed by atoms with van der Waals surface area (Å²) in [7, 11) is 1.59. The minimum atomic E-state index is 0.435. The Labute approximate surface area is 129 Å². The van der Waals surface area contributed by atoms with Crippen LogP contribution in [0.4, 0.5) is 5.69 Å². The Morgan fingerprint density at radius 2 is 2.25 bits per heavy atom. The van der Waals surface area contributed by atoms with E-state index in [1.165, 1.54) is 24.3 Å². The smallest absolute Gasteiger partial charge is 0.193 e. The van der Waals surface area contributed by atoms with E-state index in [9.17, 15) is 0 Å². The topological polar surface area (TPSA) is 59.6 Å². The summed E-state index contributed by atoms with van der Waals surface area (Å²) in [6.45, 7) is 0.795. The second-order valence-electron chi connectivity index (χ2n) is 4.76. The van der Waals surface area contributed by atoms with E-state index in [1.54, 1.807) is 19.2 Å². The third-order valence-electron chi connectivity index (χ3n) is 3.28. The van der Waals surface area contributed by atoms with Crippen molar-refractivity contribution in [3.05, 3.63) is 23.2 Å². The molecule has 20 heavy (non-hydrogen) atoms. The molecule has 0 bridgehead atoms. The fourth-order valence-electron chi connectivity index (χ4n) is 2.09. The van der Waals surface area contributed by atoms with Crippen molar-refractivity contribution in [2.75, 3.05) is 30.5 Å². The molecule has 0 saturated carbocycles. The third-order valence-corrected chi connectivity index (χ3v) is 4.63. The van der Waals surface area contributed by atoms with Crippen molar-refractivity contribution in [2.45, 2.75) is 12.8 Å². The standard InChI is InChI=1S/C14H20ClN3OS/c1-19-13-3-2-11(8-12(13)15)18-14(16)17-9-10-4-6-20-7-5-10/h2-3,8,10H,4-7,9H2,1H3,(H3,16,17,18). The van der Waals surface area contributed by atoms with Crippen LogP contribution in [0.3, 0.4) is 0 Å². The predicted molar refractivity (Wildman–Crippen MR) is 88.2 cm³/mol. The number of ether oxygens (including phenoxy) is 1. The van der Waals surface area contributed by atoms with E-state index in [2.05, 4.69) is 10.3 Å². The summed E-state index contributed by atoms with van der Waals surface area (Å²) in [6, 6.07) is 5.45. The molecule has 4 nitrogen and oxygen atoms in total. The summed E-state index contributed by atoms with van der Waals surface area (Å²) in [6.07, 6.45) is 2.46. The van der Waals surface area contributed by atoms with Gasteiger partial charge in [-0.05, 0) is 48.5 Å². The SMILES string of the molecule is COc1ccc(NC(N)=NCC2CCSCC2)cc1Cl. The fourth-order valence-corrected chi connectivity index (χ4v) is 3.55. The zero-order valence-electron chi connectivity index (χ0n) is 11.6. The summed E-state index contributed by atoms with van der Waals surface area (Å²) >= 11 is 8.08. The van der Waals surface area contributed by atoms with E-state index in [0.29, 0.717) is 22.6 Å². The van der Waals surface area contributed by atoms with Gasteiger partial charge in [0.2, 0.25) is 0 Å². The number of methoxy groups -OCH3 is 1. The van der Waals surface area contributed by atoms with Crippen molar-refractivity contribution in [1.29, 1.82) is 0 Å². The number of thioether (sulfide) groups is 1. The molecule has 6 heteroatoms. The van der Waals surface area contributed by atoms with Crippen molar-refractivity contribution in [3.63, 3.8) is 0 Å². The maximum absolute atomic E-state index is 6.06. The molecule has 1 aliphatic rings. The van der Waals surface area contributed by atoms with E-state index in [4.69, 9.17) is 22.1 Å². The van der Waals surface area contributed by atoms with Gasteiger partial charge in [-0.15, -0.1) is 0 Å². The number of rotatable bonds is 4. The number of nitrogens with one attached hydrogen (secondary N) is 1. The van der Waals surface area contributed by atoms with Gasteiger partial charge in [0.1, 0.15) is 5.75 Å². The van der Waals surface area contributed by atoms with Crippen LogP contribution in [0.5, 0.6) is 5.75 Å². The molecule has 1 saturated heterocycles. The third kappa shape index (κ3) is 4.49. The largest absolute Gasteiger partial charge is 0.495 e. The van der Waals surface area contributed by atoms with Crippen molar-refractivity contribution >= 4 is 35.0 Å². The molecule has 110 valence electrons. The van der Waals surface area contributed by atoms with E-state index in [1.807, 2.05) is 17.8 Å². The molecule has 0 unspecified atom stereocenters. The monoisotopic (exact) mass is 313 g/mol. The first kappa shape index (κ1) is 15.3. The minimum Gasteiger partial charge on any atom is -0.495 e. The van der Waals surface area contributed by atoms with Crippen molar-refractivity contribution in [1.82, 2.24) is 0 Å².